The molecule has 2 heterocycles. The van der Waals surface area contributed by atoms with Crippen LogP contribution in [-0.2, 0) is 0 Å². The molecule has 1 atom stereocenters. The Bertz CT molecular complexity index is 968. The van der Waals surface area contributed by atoms with E-state index in [0.717, 1.165) is 30.6 Å². The number of likely N-dealkylation sites (tertiary alicyclic amines) is 1. The highest BCUT2D eigenvalue weighted by atomic mass is 16.5. The van der Waals surface area contributed by atoms with E-state index in [1.165, 1.54) is 0 Å². The van der Waals surface area contributed by atoms with E-state index in [9.17, 15) is 4.79 Å². The van der Waals surface area contributed by atoms with Crippen molar-refractivity contribution >= 4 is 5.91 Å². The van der Waals surface area contributed by atoms with Gasteiger partial charge in [-0.1, -0.05) is 24.3 Å². The van der Waals surface area contributed by atoms with Crippen LogP contribution < -0.4 is 9.47 Å². The molecule has 3 aromatic rings. The predicted molar refractivity (Wildman–Crippen MR) is 106 cm³/mol. The first-order valence-electron chi connectivity index (χ1n) is 9.34. The third-order valence-corrected chi connectivity index (χ3v) is 5.16. The fraction of sp³-hybridized carbons (Fsp3) is 0.273. The molecule has 0 N–H and O–H groups in total. The summed E-state index contributed by atoms with van der Waals surface area (Å²) in [7, 11) is 3.24. The average molecular weight is 377 g/mol. The quantitative estimate of drug-likeness (QED) is 0.677. The minimum Gasteiger partial charge on any atom is -0.493 e. The van der Waals surface area contributed by atoms with Crippen molar-refractivity contribution < 1.29 is 14.3 Å². The van der Waals surface area contributed by atoms with Gasteiger partial charge in [-0.05, 0) is 42.7 Å². The number of hydrogen-bond acceptors (Lipinski definition) is 4. The van der Waals surface area contributed by atoms with Crippen molar-refractivity contribution in [3.63, 3.8) is 0 Å². The van der Waals surface area contributed by atoms with E-state index in [1.54, 1.807) is 31.3 Å². The van der Waals surface area contributed by atoms with Gasteiger partial charge >= 0.3 is 0 Å². The first-order valence-corrected chi connectivity index (χ1v) is 9.34. The Balaban J connectivity index is 1.58. The second kappa shape index (κ2) is 7.76. The molecular formula is C22H23N3O3. The van der Waals surface area contributed by atoms with Crippen molar-refractivity contribution in [2.24, 2.45) is 0 Å². The number of ether oxygens (including phenoxy) is 2. The summed E-state index contributed by atoms with van der Waals surface area (Å²) in [5.74, 6) is 1.36. The Hall–Kier alpha value is -3.28. The van der Waals surface area contributed by atoms with E-state index in [0.29, 0.717) is 17.1 Å². The van der Waals surface area contributed by atoms with E-state index in [2.05, 4.69) is 5.10 Å². The molecule has 1 aliphatic heterocycles. The molecule has 4 rings (SSSR count). The standard InChI is InChI=1S/C22H23N3O3/c1-27-20-11-10-16(13-21(20)28-2)19-9-6-12-24(19)22(26)17-14-23-25(15-17)18-7-4-3-5-8-18/h3-5,7-8,10-11,13-15,19H,6,9,12H2,1-2H3. The van der Waals surface area contributed by atoms with E-state index in [4.69, 9.17) is 9.47 Å². The molecular weight excluding hydrogens is 354 g/mol. The number of carbonyl (C=O) groups excluding carboxylic acids is 1. The molecule has 1 aliphatic rings. The van der Waals surface area contributed by atoms with Gasteiger partial charge in [0.15, 0.2) is 11.5 Å². The maximum atomic E-state index is 13.2. The third kappa shape index (κ3) is 3.33. The number of nitrogens with zero attached hydrogens (tertiary/aromatic N) is 3. The van der Waals surface area contributed by atoms with Gasteiger partial charge < -0.3 is 14.4 Å². The maximum absolute atomic E-state index is 13.2. The highest BCUT2D eigenvalue weighted by Crippen LogP contribution is 2.37. The second-order valence-corrected chi connectivity index (χ2v) is 6.78. The summed E-state index contributed by atoms with van der Waals surface area (Å²) >= 11 is 0. The fourth-order valence-corrected chi connectivity index (χ4v) is 3.74. The number of amides is 1. The van der Waals surface area contributed by atoms with Gasteiger partial charge in [0.25, 0.3) is 5.91 Å². The van der Waals surface area contributed by atoms with Gasteiger partial charge in [0.1, 0.15) is 0 Å². The molecule has 1 aromatic heterocycles. The van der Waals surface area contributed by atoms with Crippen molar-refractivity contribution in [2.75, 3.05) is 20.8 Å². The van der Waals surface area contributed by atoms with E-state index in [-0.39, 0.29) is 11.9 Å². The Morgan fingerprint density at radius 3 is 2.61 bits per heavy atom. The molecule has 28 heavy (non-hydrogen) atoms. The number of benzene rings is 2. The van der Waals surface area contributed by atoms with Crippen LogP contribution in [0, 0.1) is 0 Å². The van der Waals surface area contributed by atoms with Gasteiger partial charge in [-0.15, -0.1) is 0 Å². The van der Waals surface area contributed by atoms with Crippen molar-refractivity contribution in [3.05, 3.63) is 72.1 Å². The van der Waals surface area contributed by atoms with Gasteiger partial charge in [0.05, 0.1) is 37.7 Å². The minimum atomic E-state index is -0.000494. The largest absolute Gasteiger partial charge is 0.493 e. The molecule has 0 bridgehead atoms. The summed E-state index contributed by atoms with van der Waals surface area (Å²) in [6.45, 7) is 0.731. The monoisotopic (exact) mass is 377 g/mol. The maximum Gasteiger partial charge on any atom is 0.257 e. The van der Waals surface area contributed by atoms with Gasteiger partial charge in [0.2, 0.25) is 0 Å². The number of rotatable bonds is 5. The molecule has 1 unspecified atom stereocenters. The van der Waals surface area contributed by atoms with Crippen LogP contribution in [0.1, 0.15) is 34.8 Å². The van der Waals surface area contributed by atoms with Crippen LogP contribution in [0.2, 0.25) is 0 Å². The zero-order valence-corrected chi connectivity index (χ0v) is 16.0. The number of para-hydroxylation sites is 1. The number of hydrogen-bond donors (Lipinski definition) is 0. The van der Waals surface area contributed by atoms with Crippen molar-refractivity contribution in [1.29, 1.82) is 0 Å². The molecule has 2 aromatic carbocycles. The van der Waals surface area contributed by atoms with Crippen molar-refractivity contribution in [1.82, 2.24) is 14.7 Å². The highest BCUT2D eigenvalue weighted by molar-refractivity contribution is 5.94. The highest BCUT2D eigenvalue weighted by Gasteiger charge is 2.31. The van der Waals surface area contributed by atoms with Crippen LogP contribution in [0.4, 0.5) is 0 Å². The topological polar surface area (TPSA) is 56.6 Å². The van der Waals surface area contributed by atoms with Gasteiger partial charge in [-0.3, -0.25) is 4.79 Å². The van der Waals surface area contributed by atoms with Gasteiger partial charge in [0, 0.05) is 12.7 Å². The Labute approximate surface area is 164 Å². The van der Waals surface area contributed by atoms with Crippen LogP contribution in [0.5, 0.6) is 11.5 Å². The summed E-state index contributed by atoms with van der Waals surface area (Å²) in [4.78, 5) is 15.1. The lowest BCUT2D eigenvalue weighted by Crippen LogP contribution is -2.30. The zero-order chi connectivity index (χ0) is 19.5. The normalized spacial score (nSPS) is 16.2. The Morgan fingerprint density at radius 1 is 1.07 bits per heavy atom. The summed E-state index contributed by atoms with van der Waals surface area (Å²) in [6.07, 6.45) is 5.33. The lowest BCUT2D eigenvalue weighted by molar-refractivity contribution is 0.0735. The van der Waals surface area contributed by atoms with Gasteiger partial charge in [-0.2, -0.15) is 5.10 Å². The van der Waals surface area contributed by atoms with Crippen LogP contribution in [-0.4, -0.2) is 41.4 Å². The molecule has 1 amide bonds. The summed E-state index contributed by atoms with van der Waals surface area (Å²) in [5, 5.41) is 4.36. The van der Waals surface area contributed by atoms with Crippen LogP contribution >= 0.6 is 0 Å². The molecule has 144 valence electrons. The molecule has 0 spiro atoms. The lowest BCUT2D eigenvalue weighted by Gasteiger charge is -2.25. The summed E-state index contributed by atoms with van der Waals surface area (Å²) in [5.41, 5.74) is 2.58. The molecule has 0 radical (unpaired) electrons. The van der Waals surface area contributed by atoms with E-state index < -0.39 is 0 Å². The van der Waals surface area contributed by atoms with E-state index >= 15 is 0 Å². The minimum absolute atomic E-state index is 0.000494. The molecule has 0 saturated carbocycles. The fourth-order valence-electron chi connectivity index (χ4n) is 3.74. The first kappa shape index (κ1) is 18.1. The Morgan fingerprint density at radius 2 is 1.86 bits per heavy atom. The molecule has 6 nitrogen and oxygen atoms in total. The second-order valence-electron chi connectivity index (χ2n) is 6.78. The molecule has 1 saturated heterocycles. The number of carbonyl (C=O) groups is 1. The lowest BCUT2D eigenvalue weighted by atomic mass is 10.0. The van der Waals surface area contributed by atoms with Crippen LogP contribution in [0.15, 0.2) is 60.9 Å². The van der Waals surface area contributed by atoms with Crippen molar-refractivity contribution in [3.8, 4) is 17.2 Å². The molecule has 6 heteroatoms. The SMILES string of the molecule is COc1ccc(C2CCCN2C(=O)c2cnn(-c3ccccc3)c2)cc1OC. The number of methoxy groups -OCH3 is 2. The predicted octanol–water partition coefficient (Wildman–Crippen LogP) is 3.87. The Kier molecular flexibility index (Phi) is 5.02. The first-order chi connectivity index (χ1) is 13.7. The van der Waals surface area contributed by atoms with Crippen molar-refractivity contribution in [2.45, 2.75) is 18.9 Å². The smallest absolute Gasteiger partial charge is 0.257 e. The van der Waals surface area contributed by atoms with E-state index in [1.807, 2.05) is 53.4 Å². The average Bonchev–Trinajstić information content (AvgIpc) is 3.43. The third-order valence-electron chi connectivity index (χ3n) is 5.16. The van der Waals surface area contributed by atoms with Gasteiger partial charge in [-0.25, -0.2) is 4.68 Å². The number of aromatic nitrogens is 2. The zero-order valence-electron chi connectivity index (χ0n) is 16.0. The molecule has 0 aliphatic carbocycles. The summed E-state index contributed by atoms with van der Waals surface area (Å²) < 4.78 is 12.5. The van der Waals surface area contributed by atoms with Crippen LogP contribution in [0.3, 0.4) is 0 Å². The van der Waals surface area contributed by atoms with Crippen LogP contribution in [0.25, 0.3) is 5.69 Å². The molecule has 1 fully saturated rings. The summed E-state index contributed by atoms with van der Waals surface area (Å²) in [6, 6.07) is 15.7.